The second-order valence-electron chi connectivity index (χ2n) is 11.3. The lowest BCUT2D eigenvalue weighted by atomic mass is 9.85. The summed E-state index contributed by atoms with van der Waals surface area (Å²) in [4.78, 5) is 11.5. The van der Waals surface area contributed by atoms with E-state index in [0.717, 1.165) is 48.6 Å². The van der Waals surface area contributed by atoms with Crippen molar-refractivity contribution in [1.29, 1.82) is 0 Å². The average Bonchev–Trinajstić information content (AvgIpc) is 2.90. The highest BCUT2D eigenvalue weighted by molar-refractivity contribution is 7.70. The fourth-order valence-electron chi connectivity index (χ4n) is 5.46. The summed E-state index contributed by atoms with van der Waals surface area (Å²) >= 11 is 6.45. The highest BCUT2D eigenvalue weighted by Gasteiger charge is 2.23. The van der Waals surface area contributed by atoms with Crippen LogP contribution in [0.15, 0.2) is 54.9 Å². The van der Waals surface area contributed by atoms with Crippen molar-refractivity contribution in [2.45, 2.75) is 44.9 Å². The molecule has 2 aromatic carbocycles. The van der Waals surface area contributed by atoms with Gasteiger partial charge in [0.15, 0.2) is 5.82 Å². The molecule has 0 bridgehead atoms. The number of piperidine rings is 1. The Morgan fingerprint density at radius 3 is 2.50 bits per heavy atom. The Hall–Kier alpha value is -3.02. The largest absolute Gasteiger partial charge is 0.495 e. The number of rotatable bonds is 9. The number of allylic oxidation sites excluding steroid dienone is 1. The molecule has 5 rings (SSSR count). The predicted octanol–water partition coefficient (Wildman–Crippen LogP) is 7.68. The molecule has 1 aliphatic carbocycles. The summed E-state index contributed by atoms with van der Waals surface area (Å²) in [5.74, 6) is 2.88. The predicted molar refractivity (Wildman–Crippen MR) is 167 cm³/mol. The molecule has 2 N–H and O–H groups in total. The lowest BCUT2D eigenvalue weighted by molar-refractivity contribution is 0.278. The second-order valence-corrected chi connectivity index (χ2v) is 14.9. The number of methoxy groups -OCH3 is 1. The van der Waals surface area contributed by atoms with Crippen LogP contribution in [-0.2, 0) is 4.57 Å². The van der Waals surface area contributed by atoms with Crippen molar-refractivity contribution >= 4 is 47.2 Å². The van der Waals surface area contributed by atoms with Crippen LogP contribution in [-0.4, -0.2) is 48.4 Å². The van der Waals surface area contributed by atoms with Gasteiger partial charge >= 0.3 is 0 Å². The first kappa shape index (κ1) is 28.5. The molecule has 0 unspecified atom stereocenters. The van der Waals surface area contributed by atoms with Gasteiger partial charge in [-0.2, -0.15) is 4.98 Å². The maximum absolute atomic E-state index is 12.8. The monoisotopic (exact) mass is 579 g/mol. The Bertz CT molecular complexity index is 1430. The highest BCUT2D eigenvalue weighted by Crippen LogP contribution is 2.40. The first-order valence-electron chi connectivity index (χ1n) is 14.0. The summed E-state index contributed by atoms with van der Waals surface area (Å²) < 4.78 is 18.6. The maximum Gasteiger partial charge on any atom is 0.229 e. The molecule has 1 aromatic heterocycles. The van der Waals surface area contributed by atoms with Crippen molar-refractivity contribution in [3.8, 4) is 5.75 Å². The van der Waals surface area contributed by atoms with Gasteiger partial charge in [-0.25, -0.2) is 4.98 Å². The van der Waals surface area contributed by atoms with Crippen molar-refractivity contribution < 1.29 is 9.30 Å². The molecule has 2 aliphatic rings. The van der Waals surface area contributed by atoms with Gasteiger partial charge in [-0.1, -0.05) is 36.2 Å². The van der Waals surface area contributed by atoms with E-state index in [-0.39, 0.29) is 0 Å². The number of hydrogen-bond donors (Lipinski definition) is 2. The zero-order valence-corrected chi connectivity index (χ0v) is 25.4. The first-order valence-corrected chi connectivity index (χ1v) is 17.0. The van der Waals surface area contributed by atoms with E-state index < -0.39 is 7.14 Å². The number of halogens is 1. The van der Waals surface area contributed by atoms with E-state index in [2.05, 4.69) is 56.8 Å². The summed E-state index contributed by atoms with van der Waals surface area (Å²) in [7, 11) is -0.816. The fraction of sp³-hybridized carbons (Fsp3) is 0.419. The Morgan fingerprint density at radius 1 is 1.07 bits per heavy atom. The van der Waals surface area contributed by atoms with Crippen LogP contribution in [0.2, 0.25) is 5.02 Å². The lowest BCUT2D eigenvalue weighted by Crippen LogP contribution is -2.29. The number of nitrogens with one attached hydrogen (secondary N) is 2. The van der Waals surface area contributed by atoms with Gasteiger partial charge < -0.3 is 24.8 Å². The standard InChI is InChI=1S/C31H39ClN5O2P/c1-21-18-27(28(39-2)19-24(21)23-13-16-37(17-14-23)15-12-22-8-7-9-22)35-31-33-20-25(32)30(36-31)34-26-10-5-6-11-29(26)40(3,4)38/h5-6,10-12,15,18-20,22-23H,7-9,13-14,16-17H2,1-4H3,(H2,33,34,35,36)/b15-12+. The van der Waals surface area contributed by atoms with Crippen molar-refractivity contribution in [2.24, 2.45) is 5.92 Å². The third-order valence-electron chi connectivity index (χ3n) is 8.00. The summed E-state index contributed by atoms with van der Waals surface area (Å²) in [5, 5.41) is 7.69. The Morgan fingerprint density at radius 2 is 1.82 bits per heavy atom. The molecule has 1 aliphatic heterocycles. The molecule has 1 saturated carbocycles. The van der Waals surface area contributed by atoms with E-state index in [9.17, 15) is 4.57 Å². The molecule has 212 valence electrons. The molecule has 40 heavy (non-hydrogen) atoms. The van der Waals surface area contributed by atoms with Crippen molar-refractivity contribution in [3.63, 3.8) is 0 Å². The summed E-state index contributed by atoms with van der Waals surface area (Å²) in [6.07, 6.45) is 12.6. The van der Waals surface area contributed by atoms with Crippen molar-refractivity contribution in [3.05, 3.63) is 71.0 Å². The van der Waals surface area contributed by atoms with Gasteiger partial charge in [0.1, 0.15) is 17.9 Å². The van der Waals surface area contributed by atoms with Gasteiger partial charge in [-0.15, -0.1) is 0 Å². The molecular weight excluding hydrogens is 541 g/mol. The Balaban J connectivity index is 1.31. The van der Waals surface area contributed by atoms with Gasteiger partial charge in [0, 0.05) is 18.4 Å². The number of likely N-dealkylation sites (tertiary alicyclic amines) is 1. The van der Waals surface area contributed by atoms with Gasteiger partial charge in [-0.05, 0) is 99.4 Å². The molecule has 0 spiro atoms. The van der Waals surface area contributed by atoms with Crippen LogP contribution in [0.25, 0.3) is 0 Å². The van der Waals surface area contributed by atoms with Crippen LogP contribution >= 0.6 is 18.7 Å². The van der Waals surface area contributed by atoms with Gasteiger partial charge in [-0.3, -0.25) is 0 Å². The number of benzene rings is 2. The Labute approximate surface area is 242 Å². The van der Waals surface area contributed by atoms with Crippen LogP contribution in [0.4, 0.5) is 23.1 Å². The molecule has 0 radical (unpaired) electrons. The maximum atomic E-state index is 12.8. The zero-order chi connectivity index (χ0) is 28.3. The summed E-state index contributed by atoms with van der Waals surface area (Å²) in [6.45, 7) is 7.81. The molecule has 1 saturated heterocycles. The van der Waals surface area contributed by atoms with Crippen LogP contribution in [0.5, 0.6) is 5.75 Å². The van der Waals surface area contributed by atoms with E-state index in [1.165, 1.54) is 30.4 Å². The smallest absolute Gasteiger partial charge is 0.229 e. The second kappa shape index (κ2) is 12.2. The van der Waals surface area contributed by atoms with E-state index >= 15 is 0 Å². The van der Waals surface area contributed by atoms with Crippen LogP contribution < -0.4 is 20.7 Å². The van der Waals surface area contributed by atoms with E-state index in [1.54, 1.807) is 26.6 Å². The van der Waals surface area contributed by atoms with E-state index in [1.807, 2.05) is 24.3 Å². The quantitative estimate of drug-likeness (QED) is 0.252. The minimum atomic E-state index is -2.50. The van der Waals surface area contributed by atoms with Crippen molar-refractivity contribution in [1.82, 2.24) is 14.9 Å². The number of anilines is 4. The van der Waals surface area contributed by atoms with Gasteiger partial charge in [0.05, 0.1) is 24.7 Å². The number of para-hydroxylation sites is 1. The molecule has 7 nitrogen and oxygen atoms in total. The normalized spacial score (nSPS) is 16.7. The van der Waals surface area contributed by atoms with E-state index in [4.69, 9.17) is 16.3 Å². The molecule has 9 heteroatoms. The SMILES string of the molecule is COc1cc(C2CCN(/C=C/C3CCC3)CC2)c(C)cc1Nc1ncc(Cl)c(Nc2ccccc2P(C)(C)=O)n1. The number of aryl methyl sites for hydroxylation is 1. The third kappa shape index (κ3) is 6.64. The highest BCUT2D eigenvalue weighted by atomic mass is 35.5. The number of hydrogen-bond acceptors (Lipinski definition) is 7. The minimum Gasteiger partial charge on any atom is -0.495 e. The summed E-state index contributed by atoms with van der Waals surface area (Å²) in [6, 6.07) is 11.8. The topological polar surface area (TPSA) is 79.4 Å². The number of ether oxygens (including phenoxy) is 1. The van der Waals surface area contributed by atoms with Crippen LogP contribution in [0, 0.1) is 12.8 Å². The molecule has 2 heterocycles. The summed E-state index contributed by atoms with van der Waals surface area (Å²) in [5.41, 5.74) is 4.06. The molecule has 3 aromatic rings. The van der Waals surface area contributed by atoms with Crippen LogP contribution in [0.1, 0.15) is 49.1 Å². The fourth-order valence-corrected chi connectivity index (χ4v) is 6.75. The van der Waals surface area contributed by atoms with Crippen LogP contribution in [0.3, 0.4) is 0 Å². The lowest BCUT2D eigenvalue weighted by Gasteiger charge is -2.33. The van der Waals surface area contributed by atoms with Crippen molar-refractivity contribution in [2.75, 3.05) is 44.2 Å². The van der Waals surface area contributed by atoms with Gasteiger partial charge in [0.2, 0.25) is 5.95 Å². The van der Waals surface area contributed by atoms with Gasteiger partial charge in [0.25, 0.3) is 0 Å². The number of aromatic nitrogens is 2. The molecule has 0 amide bonds. The zero-order valence-electron chi connectivity index (χ0n) is 23.8. The van der Waals surface area contributed by atoms with E-state index in [0.29, 0.717) is 28.4 Å². The Kier molecular flexibility index (Phi) is 8.72. The first-order chi connectivity index (χ1) is 19.2. The third-order valence-corrected chi connectivity index (χ3v) is 9.83. The number of nitrogens with zero attached hydrogens (tertiary/aromatic N) is 3. The molecule has 2 fully saturated rings. The average molecular weight is 580 g/mol. The minimum absolute atomic E-state index is 0.370. The molecular formula is C31H39ClN5O2P. The molecule has 0 atom stereocenters.